The minimum Gasteiger partial charge on any atom is -0.492 e. The molecule has 1 amide bonds. The Morgan fingerprint density at radius 3 is 2.60 bits per heavy atom. The number of nitrogens with one attached hydrogen (secondary N) is 2. The Balaban J connectivity index is 1.67. The molecule has 0 bridgehead atoms. The maximum Gasteiger partial charge on any atom is 0.339 e. The van der Waals surface area contributed by atoms with Gasteiger partial charge in [-0.15, -0.1) is 0 Å². The van der Waals surface area contributed by atoms with Crippen molar-refractivity contribution in [1.29, 1.82) is 0 Å². The number of para-hydroxylation sites is 2. The first-order valence-electron chi connectivity index (χ1n) is 9.67. The van der Waals surface area contributed by atoms with E-state index in [0.29, 0.717) is 23.7 Å². The van der Waals surface area contributed by atoms with Gasteiger partial charge in [-0.05, 0) is 51.0 Å². The maximum atomic E-state index is 12.4. The van der Waals surface area contributed by atoms with Gasteiger partial charge < -0.3 is 20.1 Å². The summed E-state index contributed by atoms with van der Waals surface area (Å²) in [5, 5.41) is 17.1. The molecule has 9 heteroatoms. The van der Waals surface area contributed by atoms with Crippen LogP contribution in [0.2, 0.25) is 0 Å². The molecule has 1 aliphatic rings. The van der Waals surface area contributed by atoms with Gasteiger partial charge >= 0.3 is 5.97 Å². The first-order chi connectivity index (χ1) is 14.4. The monoisotopic (exact) mass is 413 g/mol. The molecule has 2 aromatic carbocycles. The zero-order valence-corrected chi connectivity index (χ0v) is 16.7. The number of carbonyl (C=O) groups is 2. The number of benzene rings is 2. The number of esters is 1. The van der Waals surface area contributed by atoms with Crippen molar-refractivity contribution >= 4 is 28.9 Å². The highest BCUT2D eigenvalue weighted by atomic mass is 16.6. The van der Waals surface area contributed by atoms with Crippen LogP contribution in [0.4, 0.5) is 17.1 Å². The fraction of sp³-hybridized carbons (Fsp3) is 0.333. The highest BCUT2D eigenvalue weighted by Gasteiger charge is 2.27. The van der Waals surface area contributed by atoms with Crippen molar-refractivity contribution in [2.45, 2.75) is 38.8 Å². The lowest BCUT2D eigenvalue weighted by atomic mass is 10.1. The Bertz CT molecular complexity index is 958. The van der Waals surface area contributed by atoms with Crippen molar-refractivity contribution in [3.05, 3.63) is 58.1 Å². The number of carbonyl (C=O) groups excluding carboxylic acids is 2. The van der Waals surface area contributed by atoms with Crippen molar-refractivity contribution < 1.29 is 24.0 Å². The summed E-state index contributed by atoms with van der Waals surface area (Å²) < 4.78 is 10.7. The molecule has 0 radical (unpaired) electrons. The van der Waals surface area contributed by atoms with Crippen molar-refractivity contribution in [1.82, 2.24) is 0 Å². The summed E-state index contributed by atoms with van der Waals surface area (Å²) in [5.74, 6) is -0.866. The summed E-state index contributed by atoms with van der Waals surface area (Å²) in [6.07, 6.45) is 0.801. The number of nitro groups is 1. The highest BCUT2D eigenvalue weighted by molar-refractivity contribution is 5.98. The molecule has 30 heavy (non-hydrogen) atoms. The van der Waals surface area contributed by atoms with Crippen LogP contribution in [-0.2, 0) is 9.53 Å². The predicted octanol–water partition coefficient (Wildman–Crippen LogP) is 3.75. The molecule has 2 N–H and O–H groups in total. The summed E-state index contributed by atoms with van der Waals surface area (Å²) in [4.78, 5) is 35.7. The third-order valence-corrected chi connectivity index (χ3v) is 4.46. The molecular formula is C21H23N3O6. The van der Waals surface area contributed by atoms with E-state index in [1.165, 1.54) is 19.1 Å². The van der Waals surface area contributed by atoms with Gasteiger partial charge in [-0.2, -0.15) is 0 Å². The van der Waals surface area contributed by atoms with Crippen LogP contribution >= 0.6 is 0 Å². The van der Waals surface area contributed by atoms with Crippen LogP contribution in [0.15, 0.2) is 42.5 Å². The Kier molecular flexibility index (Phi) is 6.51. The van der Waals surface area contributed by atoms with Gasteiger partial charge in [-0.3, -0.25) is 14.9 Å². The lowest BCUT2D eigenvalue weighted by Gasteiger charge is -2.16. The number of rotatable bonds is 9. The molecule has 1 fully saturated rings. The first-order valence-corrected chi connectivity index (χ1v) is 9.67. The molecule has 2 aromatic rings. The third kappa shape index (κ3) is 5.25. The number of hydrogen-bond donors (Lipinski definition) is 2. The van der Waals surface area contributed by atoms with Gasteiger partial charge in [0.2, 0.25) is 0 Å². The molecule has 0 heterocycles. The maximum absolute atomic E-state index is 12.4. The van der Waals surface area contributed by atoms with Crippen molar-refractivity contribution in [2.75, 3.05) is 17.2 Å². The van der Waals surface area contributed by atoms with Crippen LogP contribution in [-0.4, -0.2) is 35.6 Å². The minimum absolute atomic E-state index is 0.00240. The molecule has 0 aromatic heterocycles. The van der Waals surface area contributed by atoms with Gasteiger partial charge in [0.1, 0.15) is 11.4 Å². The second-order valence-corrected chi connectivity index (χ2v) is 6.87. The Morgan fingerprint density at radius 1 is 1.20 bits per heavy atom. The first kappa shape index (κ1) is 21.1. The minimum atomic E-state index is -1.12. The lowest BCUT2D eigenvalue weighted by molar-refractivity contribution is -0.384. The van der Waals surface area contributed by atoms with Gasteiger partial charge in [0.25, 0.3) is 11.6 Å². The van der Waals surface area contributed by atoms with E-state index in [-0.39, 0.29) is 17.3 Å². The zero-order valence-electron chi connectivity index (χ0n) is 16.7. The SMILES string of the molecule is CCOc1ccccc1NC(=O)[C@@H](C)OC(=O)c1ccc(NC2CC2)c([N+](=O)[O-])c1. The Hall–Kier alpha value is -3.62. The number of ether oxygens (including phenoxy) is 2. The Morgan fingerprint density at radius 2 is 1.93 bits per heavy atom. The van der Waals surface area contributed by atoms with E-state index in [9.17, 15) is 19.7 Å². The summed E-state index contributed by atoms with van der Waals surface area (Å²) in [6.45, 7) is 3.68. The molecule has 158 valence electrons. The molecule has 1 aliphatic carbocycles. The third-order valence-electron chi connectivity index (χ3n) is 4.46. The van der Waals surface area contributed by atoms with E-state index in [4.69, 9.17) is 9.47 Å². The van der Waals surface area contributed by atoms with Gasteiger partial charge in [0, 0.05) is 12.1 Å². The summed E-state index contributed by atoms with van der Waals surface area (Å²) in [7, 11) is 0. The quantitative estimate of drug-likeness (QED) is 0.365. The molecule has 1 atom stereocenters. The highest BCUT2D eigenvalue weighted by Crippen LogP contribution is 2.32. The van der Waals surface area contributed by atoms with Crippen LogP contribution in [0.5, 0.6) is 5.75 Å². The van der Waals surface area contributed by atoms with E-state index in [2.05, 4.69) is 10.6 Å². The number of hydrogen-bond acceptors (Lipinski definition) is 7. The summed E-state index contributed by atoms with van der Waals surface area (Å²) in [5.41, 5.74) is 0.604. The lowest BCUT2D eigenvalue weighted by Crippen LogP contribution is -2.30. The average Bonchev–Trinajstić information content (AvgIpc) is 3.53. The fourth-order valence-electron chi connectivity index (χ4n) is 2.75. The zero-order chi connectivity index (χ0) is 21.7. The summed E-state index contributed by atoms with van der Waals surface area (Å²) >= 11 is 0. The van der Waals surface area contributed by atoms with Crippen LogP contribution in [0.25, 0.3) is 0 Å². The molecule has 0 unspecified atom stereocenters. The van der Waals surface area contributed by atoms with Crippen LogP contribution < -0.4 is 15.4 Å². The molecule has 0 spiro atoms. The Labute approximate surface area is 173 Å². The second-order valence-electron chi connectivity index (χ2n) is 6.87. The average molecular weight is 413 g/mol. The number of amides is 1. The topological polar surface area (TPSA) is 120 Å². The van der Waals surface area contributed by atoms with Crippen molar-refractivity contribution in [3.63, 3.8) is 0 Å². The number of nitro benzene ring substituents is 1. The van der Waals surface area contributed by atoms with Gasteiger partial charge in [0.15, 0.2) is 6.10 Å². The van der Waals surface area contributed by atoms with Crippen LogP contribution in [0.1, 0.15) is 37.0 Å². The van der Waals surface area contributed by atoms with E-state index in [1.807, 2.05) is 6.92 Å². The molecule has 0 aliphatic heterocycles. The fourth-order valence-corrected chi connectivity index (χ4v) is 2.75. The standard InChI is InChI=1S/C21H23N3O6/c1-3-29-19-7-5-4-6-17(19)23-20(25)13(2)30-21(26)14-8-11-16(22-15-9-10-15)18(12-14)24(27)28/h4-8,11-13,15,22H,3,9-10H2,1-2H3,(H,23,25)/t13-/m1/s1. The number of nitrogens with zero attached hydrogens (tertiary/aromatic N) is 1. The molecule has 9 nitrogen and oxygen atoms in total. The van der Waals surface area contributed by atoms with E-state index < -0.39 is 22.9 Å². The van der Waals surface area contributed by atoms with Gasteiger partial charge in [0.05, 0.1) is 22.8 Å². The van der Waals surface area contributed by atoms with Crippen LogP contribution in [0.3, 0.4) is 0 Å². The number of anilines is 2. The van der Waals surface area contributed by atoms with E-state index in [0.717, 1.165) is 18.9 Å². The van der Waals surface area contributed by atoms with E-state index in [1.54, 1.807) is 24.3 Å². The second kappa shape index (κ2) is 9.25. The van der Waals surface area contributed by atoms with Gasteiger partial charge in [-0.1, -0.05) is 12.1 Å². The van der Waals surface area contributed by atoms with Crippen molar-refractivity contribution in [3.8, 4) is 5.75 Å². The molecular weight excluding hydrogens is 390 g/mol. The van der Waals surface area contributed by atoms with Gasteiger partial charge in [-0.25, -0.2) is 4.79 Å². The van der Waals surface area contributed by atoms with E-state index >= 15 is 0 Å². The largest absolute Gasteiger partial charge is 0.492 e. The smallest absolute Gasteiger partial charge is 0.339 e. The molecule has 0 saturated heterocycles. The van der Waals surface area contributed by atoms with Crippen LogP contribution in [0, 0.1) is 10.1 Å². The molecule has 3 rings (SSSR count). The predicted molar refractivity (Wildman–Crippen MR) is 111 cm³/mol. The summed E-state index contributed by atoms with van der Waals surface area (Å²) in [6, 6.07) is 11.2. The van der Waals surface area contributed by atoms with Crippen molar-refractivity contribution in [2.24, 2.45) is 0 Å². The normalized spacial score (nSPS) is 13.8. The molecule has 1 saturated carbocycles.